The Balaban J connectivity index is 2.57. The summed E-state index contributed by atoms with van der Waals surface area (Å²) in [6.45, 7) is 6.26. The highest BCUT2D eigenvalue weighted by Gasteiger charge is 2.20. The van der Waals surface area contributed by atoms with Crippen molar-refractivity contribution >= 4 is 23.2 Å². The molecule has 0 saturated carbocycles. The zero-order valence-electron chi connectivity index (χ0n) is 12.1. The van der Waals surface area contributed by atoms with Gasteiger partial charge in [0.15, 0.2) is 0 Å². The normalized spacial score (nSPS) is 12.3. The lowest BCUT2D eigenvalue weighted by atomic mass is 9.93. The van der Waals surface area contributed by atoms with Gasteiger partial charge in [0, 0.05) is 10.6 Å². The van der Waals surface area contributed by atoms with E-state index < -0.39 is 0 Å². The van der Waals surface area contributed by atoms with Crippen molar-refractivity contribution in [3.63, 3.8) is 0 Å². The first-order chi connectivity index (χ1) is 9.43. The van der Waals surface area contributed by atoms with Gasteiger partial charge in [0.1, 0.15) is 5.75 Å². The summed E-state index contributed by atoms with van der Waals surface area (Å²) in [6.07, 6.45) is 0. The molecule has 0 aliphatic carbocycles. The maximum absolute atomic E-state index is 6.71. The van der Waals surface area contributed by atoms with Gasteiger partial charge < -0.3 is 4.74 Å². The zero-order valence-corrected chi connectivity index (χ0v) is 13.6. The van der Waals surface area contributed by atoms with Crippen molar-refractivity contribution in [3.05, 3.63) is 63.2 Å². The minimum absolute atomic E-state index is 0.274. The molecule has 0 aliphatic heterocycles. The van der Waals surface area contributed by atoms with Gasteiger partial charge in [-0.3, -0.25) is 0 Å². The van der Waals surface area contributed by atoms with Crippen LogP contribution in [-0.4, -0.2) is 7.11 Å². The average Bonchev–Trinajstić information content (AvgIpc) is 2.37. The predicted octanol–water partition coefficient (Wildman–Crippen LogP) is 5.60. The Morgan fingerprint density at radius 2 is 1.60 bits per heavy atom. The molecule has 20 heavy (non-hydrogen) atoms. The van der Waals surface area contributed by atoms with E-state index in [0.29, 0.717) is 5.02 Å². The van der Waals surface area contributed by atoms with Gasteiger partial charge in [0.2, 0.25) is 0 Å². The van der Waals surface area contributed by atoms with Crippen LogP contribution in [0.5, 0.6) is 5.75 Å². The summed E-state index contributed by atoms with van der Waals surface area (Å²) in [5.74, 6) is 0.758. The van der Waals surface area contributed by atoms with Crippen LogP contribution in [0.2, 0.25) is 5.02 Å². The van der Waals surface area contributed by atoms with Gasteiger partial charge in [-0.2, -0.15) is 0 Å². The molecule has 1 atom stereocenters. The third-order valence-corrected chi connectivity index (χ3v) is 4.14. The summed E-state index contributed by atoms with van der Waals surface area (Å²) in [4.78, 5) is 0. The molecule has 2 aromatic rings. The molecule has 0 radical (unpaired) electrons. The van der Waals surface area contributed by atoms with Crippen molar-refractivity contribution in [2.45, 2.75) is 26.1 Å². The van der Waals surface area contributed by atoms with E-state index in [0.717, 1.165) is 16.9 Å². The van der Waals surface area contributed by atoms with E-state index in [1.807, 2.05) is 18.2 Å². The summed E-state index contributed by atoms with van der Waals surface area (Å²) >= 11 is 12.8. The molecule has 3 heteroatoms. The van der Waals surface area contributed by atoms with E-state index in [4.69, 9.17) is 27.9 Å². The summed E-state index contributed by atoms with van der Waals surface area (Å²) in [6, 6.07) is 9.83. The van der Waals surface area contributed by atoms with E-state index in [-0.39, 0.29) is 5.38 Å². The van der Waals surface area contributed by atoms with Gasteiger partial charge in [-0.1, -0.05) is 29.3 Å². The third-order valence-electron chi connectivity index (χ3n) is 3.46. The first-order valence-electron chi connectivity index (χ1n) is 6.49. The maximum Gasteiger partial charge on any atom is 0.123 e. The number of hydrogen-bond acceptors (Lipinski definition) is 1. The van der Waals surface area contributed by atoms with Gasteiger partial charge in [-0.25, -0.2) is 0 Å². The van der Waals surface area contributed by atoms with Crippen molar-refractivity contribution in [2.75, 3.05) is 7.11 Å². The van der Waals surface area contributed by atoms with Crippen LogP contribution in [0.4, 0.5) is 0 Å². The molecule has 0 bridgehead atoms. The first-order valence-corrected chi connectivity index (χ1v) is 7.30. The highest BCUT2D eigenvalue weighted by Crippen LogP contribution is 2.39. The van der Waals surface area contributed by atoms with Crippen LogP contribution in [-0.2, 0) is 0 Å². The number of halogens is 2. The number of benzene rings is 2. The monoisotopic (exact) mass is 308 g/mol. The first kappa shape index (κ1) is 15.2. The summed E-state index contributed by atoms with van der Waals surface area (Å²) in [7, 11) is 1.64. The molecule has 0 fully saturated rings. The lowest BCUT2D eigenvalue weighted by Gasteiger charge is -2.19. The molecule has 0 N–H and O–H groups in total. The third kappa shape index (κ3) is 2.94. The quantitative estimate of drug-likeness (QED) is 0.670. The number of ether oxygens (including phenoxy) is 1. The Labute approximate surface area is 130 Å². The average molecular weight is 309 g/mol. The minimum atomic E-state index is -0.274. The van der Waals surface area contributed by atoms with Gasteiger partial charge >= 0.3 is 0 Å². The molecule has 2 aromatic carbocycles. The standard InChI is InChI=1S/C17H18Cl2O/c1-10-7-11(2)16(12(3)8-10)17(19)14-9-13(18)5-6-15(14)20-4/h5-9,17H,1-4H3. The Hall–Kier alpha value is -1.18. The van der Waals surface area contributed by atoms with Gasteiger partial charge in [0.05, 0.1) is 12.5 Å². The number of alkyl halides is 1. The molecule has 1 nitrogen and oxygen atoms in total. The smallest absolute Gasteiger partial charge is 0.123 e. The SMILES string of the molecule is COc1ccc(Cl)cc1C(Cl)c1c(C)cc(C)cc1C. The fourth-order valence-corrected chi connectivity index (χ4v) is 3.35. The summed E-state index contributed by atoms with van der Waals surface area (Å²) in [5.41, 5.74) is 5.63. The second kappa shape index (κ2) is 6.07. The maximum atomic E-state index is 6.71. The van der Waals surface area contributed by atoms with Crippen molar-refractivity contribution in [3.8, 4) is 5.75 Å². The number of aryl methyl sites for hydroxylation is 3. The highest BCUT2D eigenvalue weighted by atomic mass is 35.5. The van der Waals surface area contributed by atoms with Crippen LogP contribution in [0.25, 0.3) is 0 Å². The second-order valence-corrected chi connectivity index (χ2v) is 5.93. The molecule has 0 aliphatic rings. The Morgan fingerprint density at radius 3 is 2.15 bits per heavy atom. The Kier molecular flexibility index (Phi) is 4.62. The van der Waals surface area contributed by atoms with Crippen LogP contribution in [0.15, 0.2) is 30.3 Å². The van der Waals surface area contributed by atoms with Gasteiger partial charge in [-0.05, 0) is 55.7 Å². The van der Waals surface area contributed by atoms with Crippen LogP contribution in [0.3, 0.4) is 0 Å². The topological polar surface area (TPSA) is 9.23 Å². The zero-order chi connectivity index (χ0) is 14.9. The summed E-state index contributed by atoms with van der Waals surface area (Å²) < 4.78 is 5.40. The number of rotatable bonds is 3. The highest BCUT2D eigenvalue weighted by molar-refractivity contribution is 6.31. The molecule has 0 heterocycles. The number of methoxy groups -OCH3 is 1. The van der Waals surface area contributed by atoms with Gasteiger partial charge in [0.25, 0.3) is 0 Å². The molecular weight excluding hydrogens is 291 g/mol. The van der Waals surface area contributed by atoms with E-state index >= 15 is 0 Å². The van der Waals surface area contributed by atoms with Crippen LogP contribution < -0.4 is 4.74 Å². The second-order valence-electron chi connectivity index (χ2n) is 5.06. The fraction of sp³-hybridized carbons (Fsp3) is 0.294. The Morgan fingerprint density at radius 1 is 1.00 bits per heavy atom. The molecular formula is C17H18Cl2O. The van der Waals surface area contributed by atoms with Gasteiger partial charge in [-0.15, -0.1) is 11.6 Å². The van der Waals surface area contributed by atoms with Crippen molar-refractivity contribution in [2.24, 2.45) is 0 Å². The van der Waals surface area contributed by atoms with Crippen molar-refractivity contribution in [1.29, 1.82) is 0 Å². The van der Waals surface area contributed by atoms with Crippen molar-refractivity contribution < 1.29 is 4.74 Å². The van der Waals surface area contributed by atoms with Crippen molar-refractivity contribution in [1.82, 2.24) is 0 Å². The number of hydrogen-bond donors (Lipinski definition) is 0. The predicted molar refractivity (Wildman–Crippen MR) is 86.4 cm³/mol. The summed E-state index contributed by atoms with van der Waals surface area (Å²) in [5, 5.41) is 0.387. The minimum Gasteiger partial charge on any atom is -0.496 e. The largest absolute Gasteiger partial charge is 0.496 e. The lowest BCUT2D eigenvalue weighted by molar-refractivity contribution is 0.410. The van der Waals surface area contributed by atoms with Crippen LogP contribution in [0.1, 0.15) is 33.2 Å². The fourth-order valence-electron chi connectivity index (χ4n) is 2.65. The molecule has 0 aromatic heterocycles. The van der Waals surface area contributed by atoms with E-state index in [1.165, 1.54) is 16.7 Å². The molecule has 0 spiro atoms. The molecule has 0 saturated heterocycles. The lowest BCUT2D eigenvalue weighted by Crippen LogP contribution is -2.02. The Bertz CT molecular complexity index is 612. The molecule has 1 unspecified atom stereocenters. The molecule has 0 amide bonds. The van der Waals surface area contributed by atoms with Crippen LogP contribution >= 0.6 is 23.2 Å². The van der Waals surface area contributed by atoms with E-state index in [1.54, 1.807) is 7.11 Å². The van der Waals surface area contributed by atoms with E-state index in [9.17, 15) is 0 Å². The van der Waals surface area contributed by atoms with Crippen LogP contribution in [0, 0.1) is 20.8 Å². The molecule has 106 valence electrons. The van der Waals surface area contributed by atoms with E-state index in [2.05, 4.69) is 32.9 Å². The molecule has 2 rings (SSSR count).